The Labute approximate surface area is 107 Å². The topological polar surface area (TPSA) is 84.2 Å². The van der Waals surface area contributed by atoms with Gasteiger partial charge in [-0.3, -0.25) is 9.36 Å². The SMILES string of the molecule is O=C(O)Cn1ccc(NP(P)P(P)P)nc1=O. The Morgan fingerprint density at radius 3 is 2.65 bits per heavy atom. The number of carbonyl (C=O) groups is 1. The molecule has 11 heteroatoms. The summed E-state index contributed by atoms with van der Waals surface area (Å²) in [6, 6.07) is 1.60. The molecule has 0 saturated carbocycles. The zero-order valence-electron chi connectivity index (χ0n) is 8.65. The fraction of sp³-hybridized carbons (Fsp3) is 0.167. The molecule has 0 aliphatic heterocycles. The number of nitrogens with one attached hydrogen (secondary N) is 1. The van der Waals surface area contributed by atoms with E-state index in [1.165, 1.54) is 6.20 Å². The van der Waals surface area contributed by atoms with E-state index < -0.39 is 19.1 Å². The van der Waals surface area contributed by atoms with Crippen LogP contribution in [0.4, 0.5) is 5.82 Å². The molecule has 4 atom stereocenters. The molecule has 0 fully saturated rings. The van der Waals surface area contributed by atoms with E-state index in [4.69, 9.17) is 5.11 Å². The first-order valence-electron chi connectivity index (χ1n) is 4.30. The van der Waals surface area contributed by atoms with Gasteiger partial charge in [-0.1, -0.05) is 8.93 Å². The second-order valence-electron chi connectivity index (χ2n) is 2.95. The summed E-state index contributed by atoms with van der Waals surface area (Å²) in [4.78, 5) is 25.7. The first-order valence-corrected chi connectivity index (χ1v) is 12.5. The Morgan fingerprint density at radius 1 is 1.53 bits per heavy atom. The number of aliphatic carboxylic acids is 1. The van der Waals surface area contributed by atoms with Crippen LogP contribution in [-0.2, 0) is 11.3 Å². The van der Waals surface area contributed by atoms with Crippen molar-refractivity contribution in [2.75, 3.05) is 5.09 Å². The van der Waals surface area contributed by atoms with Crippen molar-refractivity contribution < 1.29 is 9.90 Å². The summed E-state index contributed by atoms with van der Waals surface area (Å²) in [5.74, 6) is -0.600. The van der Waals surface area contributed by atoms with Crippen LogP contribution in [0.15, 0.2) is 17.1 Å². The van der Waals surface area contributed by atoms with Crippen LogP contribution in [0.2, 0.25) is 0 Å². The summed E-state index contributed by atoms with van der Waals surface area (Å²) in [5.41, 5.74) is -0.567. The minimum Gasteiger partial charge on any atom is -0.480 e. The largest absolute Gasteiger partial charge is 0.480 e. The number of hydrogen-bond acceptors (Lipinski definition) is 4. The molecule has 1 heterocycles. The van der Waals surface area contributed by atoms with Crippen LogP contribution in [-0.4, -0.2) is 20.6 Å². The molecule has 0 spiro atoms. The van der Waals surface area contributed by atoms with Gasteiger partial charge in [0.2, 0.25) is 0 Å². The lowest BCUT2D eigenvalue weighted by atomic mass is 10.5. The highest BCUT2D eigenvalue weighted by Gasteiger charge is 2.09. The molecule has 0 aliphatic carbocycles. The van der Waals surface area contributed by atoms with Gasteiger partial charge in [0.05, 0.1) is 0 Å². The molecule has 6 nitrogen and oxygen atoms in total. The number of hydrogen-bond donors (Lipinski definition) is 2. The summed E-state index contributed by atoms with van der Waals surface area (Å²) in [7, 11) is 7.54. The van der Waals surface area contributed by atoms with Gasteiger partial charge in [-0.05, 0) is 13.1 Å². The number of nitrogens with zero attached hydrogens (tertiary/aromatic N) is 2. The zero-order valence-corrected chi connectivity index (χ0v) is 13.9. The van der Waals surface area contributed by atoms with Gasteiger partial charge in [-0.25, -0.2) is 4.79 Å². The molecule has 4 unspecified atom stereocenters. The van der Waals surface area contributed by atoms with E-state index in [2.05, 4.69) is 36.9 Å². The molecule has 17 heavy (non-hydrogen) atoms. The molecule has 1 aromatic rings. The Morgan fingerprint density at radius 2 is 2.18 bits per heavy atom. The molecule has 0 aliphatic rings. The van der Waals surface area contributed by atoms with Gasteiger partial charge in [0.1, 0.15) is 12.4 Å². The van der Waals surface area contributed by atoms with E-state index in [1.54, 1.807) is 6.07 Å². The summed E-state index contributed by atoms with van der Waals surface area (Å²) in [6.45, 7) is -0.683. The summed E-state index contributed by atoms with van der Waals surface area (Å²) in [6.07, 6.45) is 1.42. The fourth-order valence-corrected chi connectivity index (χ4v) is 3.50. The molecule has 94 valence electrons. The van der Waals surface area contributed by atoms with Gasteiger partial charge < -0.3 is 10.2 Å². The van der Waals surface area contributed by atoms with Crippen LogP contribution in [0.25, 0.3) is 0 Å². The summed E-state index contributed by atoms with van der Waals surface area (Å²) >= 11 is 0. The maximum absolute atomic E-state index is 11.5. The molecule has 0 saturated heterocycles. The van der Waals surface area contributed by atoms with Gasteiger partial charge in [-0.15, -0.1) is 17.9 Å². The van der Waals surface area contributed by atoms with Crippen LogP contribution >= 0.6 is 41.2 Å². The lowest BCUT2D eigenvalue weighted by Gasteiger charge is -2.17. The number of anilines is 1. The van der Waals surface area contributed by atoms with Crippen molar-refractivity contribution in [2.45, 2.75) is 6.54 Å². The van der Waals surface area contributed by atoms with Crippen molar-refractivity contribution >= 4 is 53.0 Å². The molecular weight excluding hydrogens is 317 g/mol. The van der Waals surface area contributed by atoms with E-state index in [0.29, 0.717) is 5.82 Å². The van der Waals surface area contributed by atoms with E-state index in [9.17, 15) is 9.59 Å². The predicted octanol–water partition coefficient (Wildman–Crippen LogP) is 1.90. The number of rotatable bonds is 5. The second kappa shape index (κ2) is 7.03. The highest BCUT2D eigenvalue weighted by molar-refractivity contribution is 8.82. The Bertz CT molecular complexity index is 464. The van der Waals surface area contributed by atoms with Crippen LogP contribution in [0.1, 0.15) is 0 Å². The predicted molar refractivity (Wildman–Crippen MR) is 82.7 cm³/mol. The van der Waals surface area contributed by atoms with Crippen molar-refractivity contribution in [2.24, 2.45) is 0 Å². The van der Waals surface area contributed by atoms with Gasteiger partial charge >= 0.3 is 11.7 Å². The summed E-state index contributed by atoms with van der Waals surface area (Å²) < 4.78 is 1.04. The van der Waals surface area contributed by atoms with Crippen LogP contribution in [0.3, 0.4) is 0 Å². The Kier molecular flexibility index (Phi) is 6.35. The highest BCUT2D eigenvalue weighted by Crippen LogP contribution is 2.82. The van der Waals surface area contributed by atoms with Crippen molar-refractivity contribution in [3.05, 3.63) is 22.7 Å². The lowest BCUT2D eigenvalue weighted by Crippen LogP contribution is -2.26. The van der Waals surface area contributed by atoms with Gasteiger partial charge in [0, 0.05) is 13.6 Å². The second-order valence-corrected chi connectivity index (χ2v) is 17.9. The zero-order chi connectivity index (χ0) is 13.0. The van der Waals surface area contributed by atoms with Crippen LogP contribution in [0.5, 0.6) is 0 Å². The fourth-order valence-electron chi connectivity index (χ4n) is 0.932. The average molecular weight is 329 g/mol. The minimum atomic E-state index is -1.07. The van der Waals surface area contributed by atoms with Crippen molar-refractivity contribution in [1.82, 2.24) is 9.55 Å². The molecule has 0 aromatic carbocycles. The Hall–Kier alpha value is 0.300. The molecule has 0 amide bonds. The summed E-state index contributed by atoms with van der Waals surface area (Å²) in [5, 5.41) is 11.7. The standard InChI is InChI=1S/C6H12N3O3P5/c10-5(11)3-9-2-1-4(7-6(9)12)8-16(13)17(14)15/h1-2H,3,13-15H2,(H,10,11)(H,7,8,12). The molecule has 0 bridgehead atoms. The van der Waals surface area contributed by atoms with Crippen molar-refractivity contribution in [3.63, 3.8) is 0 Å². The maximum atomic E-state index is 11.5. The molecule has 2 N–H and O–H groups in total. The van der Waals surface area contributed by atoms with E-state index >= 15 is 0 Å². The van der Waals surface area contributed by atoms with E-state index in [0.717, 1.165) is 4.57 Å². The molecule has 1 aromatic heterocycles. The van der Waals surface area contributed by atoms with Crippen LogP contribution in [0, 0.1) is 0 Å². The number of carboxylic acid groups (broad SMARTS) is 1. The molecular formula is C6H12N3O3P5. The number of carboxylic acids is 1. The quantitative estimate of drug-likeness (QED) is 0.806. The Balaban J connectivity index is 2.82. The van der Waals surface area contributed by atoms with E-state index in [-0.39, 0.29) is 13.5 Å². The first kappa shape index (κ1) is 15.4. The van der Waals surface area contributed by atoms with Gasteiger partial charge in [0.25, 0.3) is 0 Å². The lowest BCUT2D eigenvalue weighted by molar-refractivity contribution is -0.137. The highest BCUT2D eigenvalue weighted by atomic mass is 32.8. The number of aromatic nitrogens is 2. The molecule has 1 rings (SSSR count). The third-order valence-corrected chi connectivity index (χ3v) is 16.5. The van der Waals surface area contributed by atoms with Crippen molar-refractivity contribution in [1.29, 1.82) is 0 Å². The minimum absolute atomic E-state index is 0.310. The van der Waals surface area contributed by atoms with E-state index in [1.807, 2.05) is 0 Å². The van der Waals surface area contributed by atoms with Crippen LogP contribution < -0.4 is 10.8 Å². The normalized spacial score (nSPS) is 12.5. The molecule has 0 radical (unpaired) electrons. The van der Waals surface area contributed by atoms with Crippen molar-refractivity contribution in [3.8, 4) is 0 Å². The smallest absolute Gasteiger partial charge is 0.350 e. The van der Waals surface area contributed by atoms with Gasteiger partial charge in [0.15, 0.2) is 0 Å². The first-order chi connectivity index (χ1) is 7.90. The third kappa shape index (κ3) is 5.21. The average Bonchev–Trinajstić information content (AvgIpc) is 2.21. The maximum Gasteiger partial charge on any atom is 0.350 e. The monoisotopic (exact) mass is 329 g/mol. The third-order valence-electron chi connectivity index (χ3n) is 1.66. The van der Waals surface area contributed by atoms with Gasteiger partial charge in [-0.2, -0.15) is 4.98 Å².